The molecule has 1 heterocycles. The number of rotatable bonds is 0. The maximum atomic E-state index is 11.1. The van der Waals surface area contributed by atoms with Gasteiger partial charge in [0.2, 0.25) is 0 Å². The van der Waals surface area contributed by atoms with E-state index in [1.54, 1.807) is 0 Å². The number of Topliss-reactive ketones (excluding diaryl/α,β-unsaturated/α-hetero) is 1. The van der Waals surface area contributed by atoms with Gasteiger partial charge in [-0.25, -0.2) is 0 Å². The molecule has 1 aliphatic heterocycles. The summed E-state index contributed by atoms with van der Waals surface area (Å²) in [6.45, 7) is 1.78. The molecule has 2 aliphatic rings. The van der Waals surface area contributed by atoms with Crippen LogP contribution in [0.1, 0.15) is 12.8 Å². The van der Waals surface area contributed by atoms with Gasteiger partial charge in [-0.1, -0.05) is 0 Å². The van der Waals surface area contributed by atoms with Crippen molar-refractivity contribution in [1.82, 2.24) is 5.32 Å². The number of carbonyl (C=O) groups excluding carboxylic acids is 1. The molecule has 1 unspecified atom stereocenters. The van der Waals surface area contributed by atoms with Crippen LogP contribution in [-0.4, -0.2) is 18.9 Å². The quantitative estimate of drug-likeness (QED) is 0.498. The lowest BCUT2D eigenvalue weighted by molar-refractivity contribution is -0.120. The summed E-state index contributed by atoms with van der Waals surface area (Å²) in [6.07, 6.45) is 2.15. The summed E-state index contributed by atoms with van der Waals surface area (Å²) in [7, 11) is 0. The maximum Gasteiger partial charge on any atom is 0.145 e. The highest BCUT2D eigenvalue weighted by atomic mass is 16.1. The number of hydrogen-bond acceptors (Lipinski definition) is 2. The van der Waals surface area contributed by atoms with E-state index in [1.807, 2.05) is 0 Å². The van der Waals surface area contributed by atoms with Crippen LogP contribution in [-0.2, 0) is 4.79 Å². The molecule has 0 aromatic rings. The molecule has 1 saturated heterocycles. The molecule has 1 saturated carbocycles. The van der Waals surface area contributed by atoms with Gasteiger partial charge in [0.05, 0.1) is 5.92 Å². The van der Waals surface area contributed by atoms with Crippen LogP contribution in [0, 0.1) is 11.8 Å². The van der Waals surface area contributed by atoms with Gasteiger partial charge in [-0.3, -0.25) is 4.79 Å². The summed E-state index contributed by atoms with van der Waals surface area (Å²) in [6, 6.07) is 0. The number of hydrogen-bond donors (Lipinski definition) is 1. The minimum atomic E-state index is 0.341. The van der Waals surface area contributed by atoms with Crippen molar-refractivity contribution in [3.63, 3.8) is 0 Å². The van der Waals surface area contributed by atoms with Crippen LogP contribution in [0.2, 0.25) is 0 Å². The smallest absolute Gasteiger partial charge is 0.145 e. The van der Waals surface area contributed by atoms with Gasteiger partial charge in [0.1, 0.15) is 5.78 Å². The van der Waals surface area contributed by atoms with Crippen molar-refractivity contribution < 1.29 is 4.79 Å². The SMILES string of the molecule is O=C1[C]2CCC1CNC2. The first kappa shape index (κ1) is 5.42. The average molecular weight is 124 g/mol. The zero-order valence-electron chi connectivity index (χ0n) is 5.31. The molecular formula is C7H10NO. The Morgan fingerprint density at radius 3 is 3.11 bits per heavy atom. The third-order valence-electron chi connectivity index (χ3n) is 2.24. The van der Waals surface area contributed by atoms with E-state index in [0.717, 1.165) is 31.8 Å². The van der Waals surface area contributed by atoms with Crippen LogP contribution >= 0.6 is 0 Å². The predicted molar refractivity (Wildman–Crippen MR) is 33.8 cm³/mol. The monoisotopic (exact) mass is 124 g/mol. The van der Waals surface area contributed by atoms with Crippen molar-refractivity contribution in [2.75, 3.05) is 13.1 Å². The van der Waals surface area contributed by atoms with Gasteiger partial charge in [0.25, 0.3) is 0 Å². The van der Waals surface area contributed by atoms with Crippen molar-refractivity contribution in [2.24, 2.45) is 5.92 Å². The standard InChI is InChI=1S/C7H10NO/c9-7-5-1-2-6(7)4-8-3-5/h5,8H,1-4H2. The lowest BCUT2D eigenvalue weighted by Gasteiger charge is -2.17. The Labute approximate surface area is 54.6 Å². The molecule has 49 valence electrons. The number of nitrogens with one attached hydrogen (secondary N) is 1. The van der Waals surface area contributed by atoms with Gasteiger partial charge in [-0.05, 0) is 12.8 Å². The van der Waals surface area contributed by atoms with Gasteiger partial charge in [0.15, 0.2) is 0 Å². The second-order valence-electron chi connectivity index (χ2n) is 2.83. The fourth-order valence-corrected chi connectivity index (χ4v) is 1.66. The molecule has 1 N–H and O–H groups in total. The maximum absolute atomic E-state index is 11.1. The van der Waals surface area contributed by atoms with Gasteiger partial charge in [-0.15, -0.1) is 0 Å². The normalized spacial score (nSPS) is 35.6. The third kappa shape index (κ3) is 0.697. The molecule has 1 atom stereocenters. The van der Waals surface area contributed by atoms with Crippen LogP contribution in [0.4, 0.5) is 0 Å². The highest BCUT2D eigenvalue weighted by molar-refractivity contribution is 5.97. The van der Waals surface area contributed by atoms with Crippen molar-refractivity contribution in [1.29, 1.82) is 0 Å². The van der Waals surface area contributed by atoms with Gasteiger partial charge < -0.3 is 5.32 Å². The van der Waals surface area contributed by atoms with Crippen LogP contribution in [0.15, 0.2) is 0 Å². The molecule has 9 heavy (non-hydrogen) atoms. The summed E-state index contributed by atoms with van der Waals surface area (Å²) in [5.41, 5.74) is 0. The summed E-state index contributed by atoms with van der Waals surface area (Å²) in [5, 5.41) is 3.22. The van der Waals surface area contributed by atoms with Crippen LogP contribution in [0.5, 0.6) is 0 Å². The molecular weight excluding hydrogens is 114 g/mol. The Morgan fingerprint density at radius 1 is 1.56 bits per heavy atom. The van der Waals surface area contributed by atoms with Gasteiger partial charge >= 0.3 is 0 Å². The molecule has 1 aliphatic carbocycles. The topological polar surface area (TPSA) is 29.1 Å². The summed E-state index contributed by atoms with van der Waals surface area (Å²) < 4.78 is 0. The molecule has 0 aromatic carbocycles. The molecule has 2 nitrogen and oxygen atoms in total. The molecule has 2 fully saturated rings. The largest absolute Gasteiger partial charge is 0.315 e. The Hall–Kier alpha value is -0.370. The van der Waals surface area contributed by atoms with Gasteiger partial charge in [-0.2, -0.15) is 0 Å². The first-order valence-corrected chi connectivity index (χ1v) is 3.47. The fourth-order valence-electron chi connectivity index (χ4n) is 1.66. The van der Waals surface area contributed by atoms with E-state index < -0.39 is 0 Å². The highest BCUT2D eigenvalue weighted by Gasteiger charge is 2.37. The zero-order valence-corrected chi connectivity index (χ0v) is 5.31. The van der Waals surface area contributed by atoms with E-state index in [1.165, 1.54) is 0 Å². The molecule has 1 radical (unpaired) electrons. The molecule has 2 heteroatoms. The predicted octanol–water partition coefficient (Wildman–Crippen LogP) is 0.143. The lowest BCUT2D eigenvalue weighted by atomic mass is 9.99. The van der Waals surface area contributed by atoms with Crippen molar-refractivity contribution >= 4 is 5.78 Å². The lowest BCUT2D eigenvalue weighted by Crippen LogP contribution is -2.37. The zero-order chi connectivity index (χ0) is 6.27. The Morgan fingerprint density at radius 2 is 2.44 bits per heavy atom. The molecule has 0 spiro atoms. The summed E-state index contributed by atoms with van der Waals surface area (Å²) >= 11 is 0. The summed E-state index contributed by atoms with van der Waals surface area (Å²) in [4.78, 5) is 11.1. The molecule has 2 bridgehead atoms. The van der Waals surface area contributed by atoms with E-state index in [-0.39, 0.29) is 0 Å². The minimum absolute atomic E-state index is 0.341. The number of carbonyl (C=O) groups is 1. The molecule has 0 aromatic heterocycles. The summed E-state index contributed by atoms with van der Waals surface area (Å²) in [5.74, 6) is 1.91. The van der Waals surface area contributed by atoms with Crippen LogP contribution in [0.25, 0.3) is 0 Å². The number of fused-ring (bicyclic) bond motifs is 2. The van der Waals surface area contributed by atoms with E-state index in [2.05, 4.69) is 5.32 Å². The van der Waals surface area contributed by atoms with E-state index in [9.17, 15) is 4.79 Å². The Bertz CT molecular complexity index is 126. The Kier molecular flexibility index (Phi) is 1.09. The van der Waals surface area contributed by atoms with Crippen molar-refractivity contribution in [2.45, 2.75) is 12.8 Å². The third-order valence-corrected chi connectivity index (χ3v) is 2.24. The molecule has 2 rings (SSSR count). The van der Waals surface area contributed by atoms with Crippen molar-refractivity contribution in [3.05, 3.63) is 5.92 Å². The highest BCUT2D eigenvalue weighted by Crippen LogP contribution is 2.30. The molecule has 0 amide bonds. The first-order chi connectivity index (χ1) is 4.38. The first-order valence-electron chi connectivity index (χ1n) is 3.47. The minimum Gasteiger partial charge on any atom is -0.315 e. The van der Waals surface area contributed by atoms with Crippen molar-refractivity contribution in [3.8, 4) is 0 Å². The van der Waals surface area contributed by atoms with Gasteiger partial charge in [0, 0.05) is 19.0 Å². The fraction of sp³-hybridized carbons (Fsp3) is 0.714. The van der Waals surface area contributed by atoms with E-state index in [4.69, 9.17) is 0 Å². The second kappa shape index (κ2) is 1.81. The van der Waals surface area contributed by atoms with Crippen LogP contribution < -0.4 is 5.32 Å². The number of ketones is 1. The van der Waals surface area contributed by atoms with Crippen LogP contribution in [0.3, 0.4) is 0 Å². The van der Waals surface area contributed by atoms with E-state index in [0.29, 0.717) is 11.7 Å². The Balaban J connectivity index is 2.19. The number of piperidine rings is 1. The average Bonchev–Trinajstić information content (AvgIpc) is 2.19. The second-order valence-corrected chi connectivity index (χ2v) is 2.83. The van der Waals surface area contributed by atoms with E-state index >= 15 is 0 Å².